The zero-order chi connectivity index (χ0) is 11.8. The van der Waals surface area contributed by atoms with E-state index < -0.39 is 11.4 Å². The van der Waals surface area contributed by atoms with Gasteiger partial charge in [-0.25, -0.2) is 4.98 Å². The van der Waals surface area contributed by atoms with E-state index in [0.29, 0.717) is 12.2 Å². The number of aromatic nitrogens is 3. The molecule has 0 amide bonds. The number of hydrogen-bond donors (Lipinski definition) is 2. The first-order chi connectivity index (χ1) is 7.60. The average Bonchev–Trinajstić information content (AvgIpc) is 3.01. The smallest absolute Gasteiger partial charge is 0.311 e. The van der Waals surface area contributed by atoms with Gasteiger partial charge in [0.05, 0.1) is 5.41 Å². The average molecular weight is 224 g/mol. The van der Waals surface area contributed by atoms with Crippen molar-refractivity contribution in [2.75, 3.05) is 6.54 Å². The summed E-state index contributed by atoms with van der Waals surface area (Å²) < 4.78 is 1.61. The van der Waals surface area contributed by atoms with Gasteiger partial charge in [0.15, 0.2) is 0 Å². The number of nitrogens with two attached hydrogens (primary N) is 1. The molecule has 2 rings (SSSR count). The van der Waals surface area contributed by atoms with E-state index in [1.807, 2.05) is 0 Å². The third kappa shape index (κ3) is 1.69. The highest BCUT2D eigenvalue weighted by Crippen LogP contribution is 2.47. The molecule has 0 aliphatic heterocycles. The van der Waals surface area contributed by atoms with Crippen molar-refractivity contribution >= 4 is 5.97 Å². The SMILES string of the molecule is Cn1ncnc1CC(CN)(C(=O)O)C1CC1. The third-order valence-corrected chi connectivity index (χ3v) is 3.43. The normalized spacial score (nSPS) is 19.4. The fourth-order valence-electron chi connectivity index (χ4n) is 2.12. The summed E-state index contributed by atoms with van der Waals surface area (Å²) in [5, 5.41) is 13.3. The molecule has 1 heterocycles. The van der Waals surface area contributed by atoms with Crippen LogP contribution in [0.4, 0.5) is 0 Å². The van der Waals surface area contributed by atoms with Gasteiger partial charge in [0.2, 0.25) is 0 Å². The molecule has 1 aromatic rings. The summed E-state index contributed by atoms with van der Waals surface area (Å²) in [4.78, 5) is 15.5. The van der Waals surface area contributed by atoms with Crippen molar-refractivity contribution in [2.45, 2.75) is 19.3 Å². The van der Waals surface area contributed by atoms with E-state index in [-0.39, 0.29) is 12.5 Å². The summed E-state index contributed by atoms with van der Waals surface area (Å²) in [6, 6.07) is 0. The number of aryl methyl sites for hydroxylation is 1. The molecular weight excluding hydrogens is 208 g/mol. The number of carboxylic acid groups (broad SMARTS) is 1. The maximum atomic E-state index is 11.4. The van der Waals surface area contributed by atoms with Gasteiger partial charge in [0, 0.05) is 20.0 Å². The minimum atomic E-state index is -0.860. The molecule has 0 saturated heterocycles. The quantitative estimate of drug-likeness (QED) is 0.722. The van der Waals surface area contributed by atoms with Gasteiger partial charge in [-0.3, -0.25) is 9.48 Å². The topological polar surface area (TPSA) is 94.0 Å². The van der Waals surface area contributed by atoms with E-state index in [1.165, 1.54) is 6.33 Å². The number of carbonyl (C=O) groups is 1. The monoisotopic (exact) mass is 224 g/mol. The Labute approximate surface area is 93.5 Å². The van der Waals surface area contributed by atoms with Crippen LogP contribution in [-0.4, -0.2) is 32.4 Å². The van der Waals surface area contributed by atoms with Crippen molar-refractivity contribution in [3.8, 4) is 0 Å². The lowest BCUT2D eigenvalue weighted by Crippen LogP contribution is -2.43. The largest absolute Gasteiger partial charge is 0.481 e. The Morgan fingerprint density at radius 1 is 1.75 bits per heavy atom. The van der Waals surface area contributed by atoms with Gasteiger partial charge < -0.3 is 10.8 Å². The summed E-state index contributed by atoms with van der Waals surface area (Å²) in [6.45, 7) is 0.153. The van der Waals surface area contributed by atoms with E-state index in [4.69, 9.17) is 5.73 Å². The van der Waals surface area contributed by atoms with Gasteiger partial charge in [0.1, 0.15) is 12.2 Å². The first-order valence-corrected chi connectivity index (χ1v) is 5.36. The van der Waals surface area contributed by atoms with Gasteiger partial charge in [-0.05, 0) is 18.8 Å². The Bertz CT molecular complexity index is 399. The first kappa shape index (κ1) is 11.1. The van der Waals surface area contributed by atoms with Crippen LogP contribution in [0.15, 0.2) is 6.33 Å². The van der Waals surface area contributed by atoms with Gasteiger partial charge in [-0.1, -0.05) is 0 Å². The second kappa shape index (κ2) is 3.86. The number of hydrogen-bond acceptors (Lipinski definition) is 4. The molecule has 1 atom stereocenters. The molecule has 1 saturated carbocycles. The van der Waals surface area contributed by atoms with Crippen LogP contribution in [-0.2, 0) is 18.3 Å². The lowest BCUT2D eigenvalue weighted by atomic mass is 9.79. The fraction of sp³-hybridized carbons (Fsp3) is 0.700. The molecule has 3 N–H and O–H groups in total. The maximum absolute atomic E-state index is 11.4. The van der Waals surface area contributed by atoms with Crippen molar-refractivity contribution in [3.63, 3.8) is 0 Å². The lowest BCUT2D eigenvalue weighted by molar-refractivity contribution is -0.149. The van der Waals surface area contributed by atoms with Crippen molar-refractivity contribution in [1.29, 1.82) is 0 Å². The molecule has 1 aromatic heterocycles. The standard InChI is InChI=1S/C10H16N4O2/c1-14-8(12-6-13-14)4-10(5-11,9(15)16)7-2-3-7/h6-7H,2-5,11H2,1H3,(H,15,16). The highest BCUT2D eigenvalue weighted by molar-refractivity contribution is 5.76. The third-order valence-electron chi connectivity index (χ3n) is 3.43. The van der Waals surface area contributed by atoms with Crippen LogP contribution in [0.5, 0.6) is 0 Å². The maximum Gasteiger partial charge on any atom is 0.311 e. The lowest BCUT2D eigenvalue weighted by Gasteiger charge is -2.27. The van der Waals surface area contributed by atoms with Crippen molar-refractivity contribution in [2.24, 2.45) is 24.1 Å². The molecule has 1 unspecified atom stereocenters. The van der Waals surface area contributed by atoms with Gasteiger partial charge in [-0.2, -0.15) is 5.10 Å². The zero-order valence-corrected chi connectivity index (χ0v) is 9.26. The van der Waals surface area contributed by atoms with E-state index in [0.717, 1.165) is 12.8 Å². The van der Waals surface area contributed by atoms with Crippen LogP contribution < -0.4 is 5.73 Å². The van der Waals surface area contributed by atoms with Crippen LogP contribution in [0.2, 0.25) is 0 Å². The molecule has 1 fully saturated rings. The van der Waals surface area contributed by atoms with Gasteiger partial charge >= 0.3 is 5.97 Å². The second-order valence-electron chi connectivity index (χ2n) is 4.42. The minimum absolute atomic E-state index is 0.153. The molecule has 0 bridgehead atoms. The molecular formula is C10H16N4O2. The fourth-order valence-corrected chi connectivity index (χ4v) is 2.12. The summed E-state index contributed by atoms with van der Waals surface area (Å²) in [5.41, 5.74) is 4.82. The molecule has 88 valence electrons. The molecule has 6 heteroatoms. The van der Waals surface area contributed by atoms with Crippen molar-refractivity contribution < 1.29 is 9.90 Å². The number of carboxylic acids is 1. The predicted molar refractivity (Wildman–Crippen MR) is 56.6 cm³/mol. The molecule has 1 aliphatic carbocycles. The Kier molecular flexibility index (Phi) is 2.67. The second-order valence-corrected chi connectivity index (χ2v) is 4.42. The Morgan fingerprint density at radius 2 is 2.44 bits per heavy atom. The van der Waals surface area contributed by atoms with E-state index >= 15 is 0 Å². The highest BCUT2D eigenvalue weighted by atomic mass is 16.4. The summed E-state index contributed by atoms with van der Waals surface area (Å²) >= 11 is 0. The molecule has 0 aromatic carbocycles. The van der Waals surface area contributed by atoms with Crippen molar-refractivity contribution in [1.82, 2.24) is 14.8 Å². The Hall–Kier alpha value is -1.43. The van der Waals surface area contributed by atoms with Gasteiger partial charge in [0.25, 0.3) is 0 Å². The van der Waals surface area contributed by atoms with E-state index in [9.17, 15) is 9.90 Å². The summed E-state index contributed by atoms with van der Waals surface area (Å²) in [5.74, 6) is 0.0481. The minimum Gasteiger partial charge on any atom is -0.481 e. The van der Waals surface area contributed by atoms with Crippen LogP contribution in [0.25, 0.3) is 0 Å². The van der Waals surface area contributed by atoms with Crippen LogP contribution >= 0.6 is 0 Å². The first-order valence-electron chi connectivity index (χ1n) is 5.36. The summed E-state index contributed by atoms with van der Waals surface area (Å²) in [6.07, 6.45) is 3.69. The van der Waals surface area contributed by atoms with Crippen molar-refractivity contribution in [3.05, 3.63) is 12.2 Å². The highest BCUT2D eigenvalue weighted by Gasteiger charge is 2.50. The number of nitrogens with zero attached hydrogens (tertiary/aromatic N) is 3. The van der Waals surface area contributed by atoms with E-state index in [2.05, 4.69) is 10.1 Å². The Morgan fingerprint density at radius 3 is 2.81 bits per heavy atom. The van der Waals surface area contributed by atoms with Crippen LogP contribution in [0.1, 0.15) is 18.7 Å². The predicted octanol–water partition coefficient (Wildman–Crippen LogP) is -0.203. The molecule has 0 radical (unpaired) electrons. The molecule has 0 spiro atoms. The zero-order valence-electron chi connectivity index (χ0n) is 9.26. The van der Waals surface area contributed by atoms with Gasteiger partial charge in [-0.15, -0.1) is 0 Å². The van der Waals surface area contributed by atoms with Crippen LogP contribution in [0, 0.1) is 11.3 Å². The Balaban J connectivity index is 2.26. The number of aliphatic carboxylic acids is 1. The molecule has 6 nitrogen and oxygen atoms in total. The van der Waals surface area contributed by atoms with E-state index in [1.54, 1.807) is 11.7 Å². The number of rotatable bonds is 5. The molecule has 1 aliphatic rings. The van der Waals surface area contributed by atoms with Crippen LogP contribution in [0.3, 0.4) is 0 Å². The summed E-state index contributed by atoms with van der Waals surface area (Å²) in [7, 11) is 1.76. The molecule has 16 heavy (non-hydrogen) atoms.